The fourth-order valence-corrected chi connectivity index (χ4v) is 4.47. The van der Waals surface area contributed by atoms with E-state index < -0.39 is 29.7 Å². The van der Waals surface area contributed by atoms with Crippen LogP contribution in [0, 0.1) is 5.92 Å². The molecule has 1 aromatic rings. The molecule has 0 saturated carbocycles. The van der Waals surface area contributed by atoms with Crippen LogP contribution in [0.2, 0.25) is 0 Å². The number of carbonyl (C=O) groups excluding carboxylic acids is 3. The average molecular weight is 474 g/mol. The van der Waals surface area contributed by atoms with Crippen molar-refractivity contribution in [1.29, 1.82) is 0 Å². The van der Waals surface area contributed by atoms with E-state index in [0.29, 0.717) is 38.9 Å². The first-order valence-corrected chi connectivity index (χ1v) is 11.9. The molecule has 0 spiro atoms. The van der Waals surface area contributed by atoms with Gasteiger partial charge < -0.3 is 20.1 Å². The van der Waals surface area contributed by atoms with Crippen molar-refractivity contribution in [3.63, 3.8) is 0 Å². The summed E-state index contributed by atoms with van der Waals surface area (Å²) >= 11 is 0. The second-order valence-electron chi connectivity index (χ2n) is 10.0. The van der Waals surface area contributed by atoms with Gasteiger partial charge >= 0.3 is 12.1 Å². The summed E-state index contributed by atoms with van der Waals surface area (Å²) in [5, 5.41) is 12.2. The number of carbonyl (C=O) groups is 4. The molecule has 3 rings (SSSR count). The Balaban J connectivity index is 1.52. The highest BCUT2D eigenvalue weighted by Crippen LogP contribution is 2.25. The molecule has 2 aliphatic rings. The monoisotopic (exact) mass is 473 g/mol. The van der Waals surface area contributed by atoms with Gasteiger partial charge in [-0.1, -0.05) is 30.3 Å². The standard InChI is InChI=1S/C25H35N3O6/c1-25(2,3)34-24(33)28-13-7-10-20(28)22(30)27-14-11-18(12-15-27)21(29)26-19(23(31)32)16-17-8-5-4-6-9-17/h4-6,8-9,18-20H,7,10-16H2,1-3H3,(H,26,29)(H,31,32). The maximum absolute atomic E-state index is 13.1. The molecular formula is C25H35N3O6. The summed E-state index contributed by atoms with van der Waals surface area (Å²) in [6.07, 6.45) is 1.98. The Hall–Kier alpha value is -3.10. The van der Waals surface area contributed by atoms with Crippen LogP contribution in [0.4, 0.5) is 4.79 Å². The number of rotatable bonds is 6. The van der Waals surface area contributed by atoms with E-state index >= 15 is 0 Å². The largest absolute Gasteiger partial charge is 0.480 e. The number of ether oxygens (including phenoxy) is 1. The van der Waals surface area contributed by atoms with Crippen LogP contribution in [0.25, 0.3) is 0 Å². The van der Waals surface area contributed by atoms with Crippen LogP contribution in [0.15, 0.2) is 30.3 Å². The van der Waals surface area contributed by atoms with E-state index in [0.717, 1.165) is 12.0 Å². The minimum atomic E-state index is -1.08. The molecule has 0 aliphatic carbocycles. The van der Waals surface area contributed by atoms with Crippen LogP contribution in [0.5, 0.6) is 0 Å². The molecule has 0 aromatic heterocycles. The molecule has 2 unspecified atom stereocenters. The van der Waals surface area contributed by atoms with Crippen LogP contribution in [-0.2, 0) is 25.5 Å². The first-order chi connectivity index (χ1) is 16.0. The number of hydrogen-bond acceptors (Lipinski definition) is 5. The molecule has 1 aromatic carbocycles. The van der Waals surface area contributed by atoms with Crippen LogP contribution < -0.4 is 5.32 Å². The first-order valence-electron chi connectivity index (χ1n) is 11.9. The molecule has 3 amide bonds. The van der Waals surface area contributed by atoms with Gasteiger partial charge in [-0.15, -0.1) is 0 Å². The number of aliphatic carboxylic acids is 1. The van der Waals surface area contributed by atoms with Crippen molar-refractivity contribution in [2.75, 3.05) is 19.6 Å². The Bertz CT molecular complexity index is 890. The number of likely N-dealkylation sites (tertiary alicyclic amines) is 2. The number of amides is 3. The van der Waals surface area contributed by atoms with Gasteiger partial charge in [0.25, 0.3) is 0 Å². The summed E-state index contributed by atoms with van der Waals surface area (Å²) in [5.74, 6) is -1.85. The normalized spacial score (nSPS) is 20.0. The molecule has 2 aliphatic heterocycles. The summed E-state index contributed by atoms with van der Waals surface area (Å²) in [5.41, 5.74) is 0.203. The molecule has 2 N–H and O–H groups in total. The van der Waals surface area contributed by atoms with Gasteiger partial charge in [0.1, 0.15) is 17.7 Å². The van der Waals surface area contributed by atoms with E-state index in [-0.39, 0.29) is 24.2 Å². The number of piperidine rings is 1. The fraction of sp³-hybridized carbons (Fsp3) is 0.600. The highest BCUT2D eigenvalue weighted by Gasteiger charge is 2.40. The molecule has 2 saturated heterocycles. The van der Waals surface area contributed by atoms with Crippen molar-refractivity contribution < 1.29 is 29.0 Å². The highest BCUT2D eigenvalue weighted by atomic mass is 16.6. The number of nitrogens with one attached hydrogen (secondary N) is 1. The highest BCUT2D eigenvalue weighted by molar-refractivity contribution is 5.87. The Morgan fingerprint density at radius 2 is 1.71 bits per heavy atom. The molecule has 0 radical (unpaired) electrons. The SMILES string of the molecule is CC(C)(C)OC(=O)N1CCCC1C(=O)N1CCC(C(=O)NC(Cc2ccccc2)C(=O)O)CC1. The Morgan fingerprint density at radius 3 is 2.29 bits per heavy atom. The Morgan fingerprint density at radius 1 is 1.06 bits per heavy atom. The Labute approximate surface area is 200 Å². The quantitative estimate of drug-likeness (QED) is 0.656. The zero-order chi connectivity index (χ0) is 24.9. The van der Waals surface area contributed by atoms with Crippen LogP contribution in [0.3, 0.4) is 0 Å². The molecular weight excluding hydrogens is 438 g/mol. The van der Waals surface area contributed by atoms with Gasteiger partial charge in [-0.25, -0.2) is 9.59 Å². The van der Waals surface area contributed by atoms with Gasteiger partial charge in [-0.2, -0.15) is 0 Å². The molecule has 9 nitrogen and oxygen atoms in total. The molecule has 186 valence electrons. The second-order valence-corrected chi connectivity index (χ2v) is 10.0. The minimum absolute atomic E-state index is 0.116. The predicted octanol–water partition coefficient (Wildman–Crippen LogP) is 2.44. The van der Waals surface area contributed by atoms with Gasteiger partial charge in [-0.3, -0.25) is 14.5 Å². The topological polar surface area (TPSA) is 116 Å². The molecule has 34 heavy (non-hydrogen) atoms. The van der Waals surface area contributed by atoms with Crippen LogP contribution >= 0.6 is 0 Å². The van der Waals surface area contributed by atoms with Crippen molar-refractivity contribution in [2.45, 2.75) is 70.6 Å². The van der Waals surface area contributed by atoms with Gasteiger partial charge in [-0.05, 0) is 52.0 Å². The van der Waals surface area contributed by atoms with Gasteiger partial charge in [0.05, 0.1) is 0 Å². The molecule has 2 fully saturated rings. The lowest BCUT2D eigenvalue weighted by atomic mass is 9.94. The lowest BCUT2D eigenvalue weighted by Gasteiger charge is -2.35. The zero-order valence-electron chi connectivity index (χ0n) is 20.2. The molecule has 0 bridgehead atoms. The van der Waals surface area contributed by atoms with E-state index in [1.807, 2.05) is 30.3 Å². The minimum Gasteiger partial charge on any atom is -0.480 e. The molecule has 2 heterocycles. The van der Waals surface area contributed by atoms with Crippen molar-refractivity contribution in [3.05, 3.63) is 35.9 Å². The van der Waals surface area contributed by atoms with Crippen molar-refractivity contribution in [2.24, 2.45) is 5.92 Å². The van der Waals surface area contributed by atoms with E-state index in [4.69, 9.17) is 4.74 Å². The average Bonchev–Trinajstić information content (AvgIpc) is 3.28. The third-order valence-corrected chi connectivity index (χ3v) is 6.24. The summed E-state index contributed by atoms with van der Waals surface area (Å²) < 4.78 is 5.45. The predicted molar refractivity (Wildman–Crippen MR) is 125 cm³/mol. The number of nitrogens with zero attached hydrogens (tertiary/aromatic N) is 2. The third-order valence-electron chi connectivity index (χ3n) is 6.24. The lowest BCUT2D eigenvalue weighted by molar-refractivity contribution is -0.143. The van der Waals surface area contributed by atoms with Crippen molar-refractivity contribution in [3.8, 4) is 0 Å². The fourth-order valence-electron chi connectivity index (χ4n) is 4.47. The van der Waals surface area contributed by atoms with E-state index in [9.17, 15) is 24.3 Å². The van der Waals surface area contributed by atoms with Crippen molar-refractivity contribution >= 4 is 23.9 Å². The van der Waals surface area contributed by atoms with Gasteiger partial charge in [0.15, 0.2) is 0 Å². The number of carboxylic acids is 1. The second kappa shape index (κ2) is 10.9. The summed E-state index contributed by atoms with van der Waals surface area (Å²) in [6.45, 7) is 6.66. The summed E-state index contributed by atoms with van der Waals surface area (Å²) in [6, 6.07) is 7.63. The van der Waals surface area contributed by atoms with E-state index in [2.05, 4.69) is 5.32 Å². The number of carboxylic acid groups (broad SMARTS) is 1. The Kier molecular flexibility index (Phi) is 8.17. The number of hydrogen-bond donors (Lipinski definition) is 2. The first kappa shape index (κ1) is 25.5. The maximum Gasteiger partial charge on any atom is 0.410 e. The number of benzene rings is 1. The zero-order valence-corrected chi connectivity index (χ0v) is 20.2. The van der Waals surface area contributed by atoms with Crippen LogP contribution in [-0.4, -0.2) is 76.1 Å². The maximum atomic E-state index is 13.1. The molecule has 9 heteroatoms. The van der Waals surface area contributed by atoms with Gasteiger partial charge in [0, 0.05) is 32.0 Å². The summed E-state index contributed by atoms with van der Waals surface area (Å²) in [4.78, 5) is 53.3. The summed E-state index contributed by atoms with van der Waals surface area (Å²) in [7, 11) is 0. The third kappa shape index (κ3) is 6.71. The van der Waals surface area contributed by atoms with Crippen LogP contribution in [0.1, 0.15) is 52.0 Å². The van der Waals surface area contributed by atoms with Crippen molar-refractivity contribution in [1.82, 2.24) is 15.1 Å². The molecule has 2 atom stereocenters. The lowest BCUT2D eigenvalue weighted by Crippen LogP contribution is -2.52. The smallest absolute Gasteiger partial charge is 0.410 e. The van der Waals surface area contributed by atoms with E-state index in [1.54, 1.807) is 25.7 Å². The van der Waals surface area contributed by atoms with E-state index in [1.165, 1.54) is 4.90 Å². The van der Waals surface area contributed by atoms with Gasteiger partial charge in [0.2, 0.25) is 11.8 Å².